The van der Waals surface area contributed by atoms with Gasteiger partial charge in [-0.3, -0.25) is 9.78 Å². The first-order chi connectivity index (χ1) is 12.2. The molecule has 5 nitrogen and oxygen atoms in total. The number of aryl methyl sites for hydroxylation is 1. The average Bonchev–Trinajstić information content (AvgIpc) is 2.81. The Hall–Kier alpha value is -2.21. The molecule has 1 amide bonds. The van der Waals surface area contributed by atoms with Gasteiger partial charge in [0.2, 0.25) is 0 Å². The number of esters is 1. The molecule has 1 N–H and O–H groups in total. The third-order valence-electron chi connectivity index (χ3n) is 4.23. The third kappa shape index (κ3) is 4.07. The maximum absolute atomic E-state index is 12.6. The molecule has 0 fully saturated rings. The van der Waals surface area contributed by atoms with Gasteiger partial charge in [0, 0.05) is 22.8 Å². The number of thiophene rings is 1. The van der Waals surface area contributed by atoms with E-state index in [-0.39, 0.29) is 11.9 Å². The van der Waals surface area contributed by atoms with E-state index in [4.69, 9.17) is 4.74 Å². The van der Waals surface area contributed by atoms with E-state index in [9.17, 15) is 9.59 Å². The van der Waals surface area contributed by atoms with Gasteiger partial charge in [-0.15, -0.1) is 11.3 Å². The van der Waals surface area contributed by atoms with Gasteiger partial charge < -0.3 is 10.1 Å². The van der Waals surface area contributed by atoms with Crippen LogP contribution in [0, 0.1) is 0 Å². The van der Waals surface area contributed by atoms with E-state index in [0.29, 0.717) is 22.7 Å². The van der Waals surface area contributed by atoms with E-state index in [0.717, 1.165) is 37.7 Å². The number of anilines is 1. The molecule has 0 unspecified atom stereocenters. The van der Waals surface area contributed by atoms with Crippen LogP contribution in [0.25, 0.3) is 0 Å². The lowest BCUT2D eigenvalue weighted by molar-refractivity contribution is 0.0505. The largest absolute Gasteiger partial charge is 0.462 e. The number of nitrogens with zero attached hydrogens (tertiary/aromatic N) is 1. The normalized spacial score (nSPS) is 13.6. The van der Waals surface area contributed by atoms with E-state index < -0.39 is 0 Å². The SMILES string of the molecule is CCCOC(=O)c1c(NC(=O)c2ccncc2)sc2c1CCCCC2. The highest BCUT2D eigenvalue weighted by Gasteiger charge is 2.26. The van der Waals surface area contributed by atoms with Crippen LogP contribution in [0.5, 0.6) is 0 Å². The lowest BCUT2D eigenvalue weighted by Crippen LogP contribution is -2.15. The minimum absolute atomic E-state index is 0.233. The first-order valence-electron chi connectivity index (χ1n) is 8.73. The smallest absolute Gasteiger partial charge is 0.341 e. The van der Waals surface area contributed by atoms with Crippen LogP contribution in [0.2, 0.25) is 0 Å². The van der Waals surface area contributed by atoms with Crippen molar-refractivity contribution in [2.24, 2.45) is 0 Å². The summed E-state index contributed by atoms with van der Waals surface area (Å²) in [6, 6.07) is 3.31. The standard InChI is InChI=1S/C19H22N2O3S/c1-2-12-24-19(23)16-14-6-4-3-5-7-15(14)25-18(16)21-17(22)13-8-10-20-11-9-13/h8-11H,2-7,12H2,1H3,(H,21,22). The molecule has 3 rings (SSSR count). The number of amides is 1. The number of carbonyl (C=O) groups excluding carboxylic acids is 2. The number of rotatable bonds is 5. The Labute approximate surface area is 151 Å². The lowest BCUT2D eigenvalue weighted by atomic mass is 10.1. The molecule has 25 heavy (non-hydrogen) atoms. The second-order valence-corrected chi connectivity index (χ2v) is 7.20. The predicted molar refractivity (Wildman–Crippen MR) is 98.3 cm³/mol. The highest BCUT2D eigenvalue weighted by molar-refractivity contribution is 7.17. The van der Waals surface area contributed by atoms with Crippen LogP contribution in [-0.4, -0.2) is 23.5 Å². The van der Waals surface area contributed by atoms with Crippen molar-refractivity contribution in [2.45, 2.75) is 45.4 Å². The summed E-state index contributed by atoms with van der Waals surface area (Å²) < 4.78 is 5.38. The number of hydrogen-bond acceptors (Lipinski definition) is 5. The Kier molecular flexibility index (Phi) is 5.81. The summed E-state index contributed by atoms with van der Waals surface area (Å²) in [5.41, 5.74) is 2.14. The van der Waals surface area contributed by atoms with Crippen molar-refractivity contribution in [3.05, 3.63) is 46.1 Å². The fourth-order valence-electron chi connectivity index (χ4n) is 2.99. The van der Waals surface area contributed by atoms with Crippen molar-refractivity contribution >= 4 is 28.2 Å². The lowest BCUT2D eigenvalue weighted by Gasteiger charge is -2.09. The number of aromatic nitrogens is 1. The molecule has 0 atom stereocenters. The van der Waals surface area contributed by atoms with E-state index in [1.54, 1.807) is 24.5 Å². The molecule has 1 aliphatic carbocycles. The van der Waals surface area contributed by atoms with Crippen LogP contribution < -0.4 is 5.32 Å². The maximum Gasteiger partial charge on any atom is 0.341 e. The Morgan fingerprint density at radius 2 is 1.96 bits per heavy atom. The Morgan fingerprint density at radius 1 is 1.20 bits per heavy atom. The Balaban J connectivity index is 1.92. The van der Waals surface area contributed by atoms with E-state index in [1.165, 1.54) is 22.6 Å². The Morgan fingerprint density at radius 3 is 2.72 bits per heavy atom. The van der Waals surface area contributed by atoms with Crippen molar-refractivity contribution in [1.82, 2.24) is 4.98 Å². The third-order valence-corrected chi connectivity index (χ3v) is 5.44. The topological polar surface area (TPSA) is 68.3 Å². The second kappa shape index (κ2) is 8.25. The second-order valence-electron chi connectivity index (χ2n) is 6.09. The first-order valence-corrected chi connectivity index (χ1v) is 9.55. The summed E-state index contributed by atoms with van der Waals surface area (Å²) in [4.78, 5) is 30.2. The highest BCUT2D eigenvalue weighted by atomic mass is 32.1. The molecule has 132 valence electrons. The summed E-state index contributed by atoms with van der Waals surface area (Å²) in [5.74, 6) is -0.561. The van der Waals surface area contributed by atoms with Crippen LogP contribution >= 0.6 is 11.3 Å². The van der Waals surface area contributed by atoms with Crippen molar-refractivity contribution in [1.29, 1.82) is 0 Å². The highest BCUT2D eigenvalue weighted by Crippen LogP contribution is 2.38. The molecule has 0 aliphatic heterocycles. The molecular weight excluding hydrogens is 336 g/mol. The van der Waals surface area contributed by atoms with Crippen molar-refractivity contribution in [3.63, 3.8) is 0 Å². The minimum Gasteiger partial charge on any atom is -0.462 e. The molecule has 0 aromatic carbocycles. The number of carbonyl (C=O) groups is 2. The molecular formula is C19H22N2O3S. The van der Waals surface area contributed by atoms with Crippen molar-refractivity contribution in [3.8, 4) is 0 Å². The van der Waals surface area contributed by atoms with Crippen LogP contribution in [0.15, 0.2) is 24.5 Å². The zero-order chi connectivity index (χ0) is 17.6. The minimum atomic E-state index is -0.328. The first kappa shape index (κ1) is 17.6. The molecule has 0 saturated carbocycles. The maximum atomic E-state index is 12.6. The van der Waals surface area contributed by atoms with Crippen LogP contribution in [0.4, 0.5) is 5.00 Å². The van der Waals surface area contributed by atoms with Gasteiger partial charge in [-0.2, -0.15) is 0 Å². The van der Waals surface area contributed by atoms with Gasteiger partial charge >= 0.3 is 5.97 Å². The van der Waals surface area contributed by atoms with E-state index in [2.05, 4.69) is 10.3 Å². The van der Waals surface area contributed by atoms with Gasteiger partial charge in [0.15, 0.2) is 0 Å². The van der Waals surface area contributed by atoms with Crippen molar-refractivity contribution < 1.29 is 14.3 Å². The fraction of sp³-hybridized carbons (Fsp3) is 0.421. The van der Waals surface area contributed by atoms with Crippen LogP contribution in [-0.2, 0) is 17.6 Å². The van der Waals surface area contributed by atoms with Gasteiger partial charge in [0.25, 0.3) is 5.91 Å². The van der Waals surface area contributed by atoms with E-state index >= 15 is 0 Å². The van der Waals surface area contributed by atoms with Gasteiger partial charge in [-0.25, -0.2) is 4.79 Å². The van der Waals surface area contributed by atoms with Crippen LogP contribution in [0.1, 0.15) is 63.8 Å². The van der Waals surface area contributed by atoms with Gasteiger partial charge in [-0.1, -0.05) is 13.3 Å². The number of fused-ring (bicyclic) bond motifs is 1. The zero-order valence-electron chi connectivity index (χ0n) is 14.3. The number of hydrogen-bond donors (Lipinski definition) is 1. The molecule has 1 aliphatic rings. The molecule has 2 aromatic heterocycles. The summed E-state index contributed by atoms with van der Waals surface area (Å²) in [5, 5.41) is 3.52. The van der Waals surface area contributed by atoms with Gasteiger partial charge in [0.1, 0.15) is 5.00 Å². The quantitative estimate of drug-likeness (QED) is 0.641. The molecule has 2 heterocycles. The number of nitrogens with one attached hydrogen (secondary N) is 1. The Bertz CT molecular complexity index is 756. The molecule has 0 saturated heterocycles. The van der Waals surface area contributed by atoms with Gasteiger partial charge in [-0.05, 0) is 49.8 Å². The average molecular weight is 358 g/mol. The fourth-order valence-corrected chi connectivity index (χ4v) is 4.26. The summed E-state index contributed by atoms with van der Waals surface area (Å²) in [7, 11) is 0. The van der Waals surface area contributed by atoms with Crippen molar-refractivity contribution in [2.75, 3.05) is 11.9 Å². The molecule has 0 spiro atoms. The van der Waals surface area contributed by atoms with Gasteiger partial charge in [0.05, 0.1) is 12.2 Å². The predicted octanol–water partition coefficient (Wildman–Crippen LogP) is 4.23. The molecule has 0 bridgehead atoms. The summed E-state index contributed by atoms with van der Waals surface area (Å²) >= 11 is 1.51. The molecule has 6 heteroatoms. The molecule has 0 radical (unpaired) electrons. The summed E-state index contributed by atoms with van der Waals surface area (Å²) in [6.07, 6.45) is 9.11. The number of ether oxygens (including phenoxy) is 1. The number of pyridine rings is 1. The zero-order valence-corrected chi connectivity index (χ0v) is 15.2. The van der Waals surface area contributed by atoms with E-state index in [1.807, 2.05) is 6.92 Å². The van der Waals surface area contributed by atoms with Crippen LogP contribution in [0.3, 0.4) is 0 Å². The molecule has 2 aromatic rings. The monoisotopic (exact) mass is 358 g/mol. The summed E-state index contributed by atoms with van der Waals surface area (Å²) in [6.45, 7) is 2.36.